The summed E-state index contributed by atoms with van der Waals surface area (Å²) in [4.78, 5) is 42.4. The molecule has 17 nitrogen and oxygen atoms in total. The van der Waals surface area contributed by atoms with E-state index >= 15 is 0 Å². The fourth-order valence-corrected chi connectivity index (χ4v) is 2.93. The van der Waals surface area contributed by atoms with Gasteiger partial charge in [0.2, 0.25) is 5.08 Å². The summed E-state index contributed by atoms with van der Waals surface area (Å²) in [5.41, 5.74) is 0. The fourth-order valence-electron chi connectivity index (χ4n) is 0.964. The molecule has 26 heavy (non-hydrogen) atoms. The van der Waals surface area contributed by atoms with Gasteiger partial charge in [0, 0.05) is 12.4 Å². The Morgan fingerprint density at radius 2 is 1.19 bits per heavy atom. The fraction of sp³-hybridized carbons (Fsp3) is 0.400. The van der Waals surface area contributed by atoms with Gasteiger partial charge >= 0.3 is 59.1 Å². The minimum Gasteiger partial charge on any atom is -0.776 e. The summed E-state index contributed by atoms with van der Waals surface area (Å²) in [5, 5.41) is 5.69. The number of hydrogen-bond donors (Lipinski definition) is 3. The van der Waals surface area contributed by atoms with Crippen LogP contribution in [0.3, 0.4) is 0 Å². The van der Waals surface area contributed by atoms with Gasteiger partial charge in [-0.1, -0.05) is 0 Å². The van der Waals surface area contributed by atoms with E-state index in [-0.39, 0.29) is 103 Å². The average Bonchev–Trinajstić information content (AvgIpc) is 2.52. The Balaban J connectivity index is -0.0000000320. The minimum atomic E-state index is -5.72. The van der Waals surface area contributed by atoms with E-state index < -0.39 is 26.8 Å². The van der Waals surface area contributed by atoms with Crippen molar-refractivity contribution in [3.8, 4) is 0 Å². The van der Waals surface area contributed by atoms with E-state index in [0.29, 0.717) is 0 Å². The van der Waals surface area contributed by atoms with E-state index in [1.807, 2.05) is 0 Å². The van der Waals surface area contributed by atoms with E-state index in [0.717, 1.165) is 17.1 Å². The second-order valence-electron chi connectivity index (χ2n) is 3.05. The smallest absolute Gasteiger partial charge is 0.776 e. The number of nitrogens with zero attached hydrogens (tertiary/aromatic N) is 2. The van der Waals surface area contributed by atoms with Gasteiger partial charge < -0.3 is 82.2 Å². The zero-order valence-corrected chi connectivity index (χ0v) is 19.5. The average molecular weight is 460 g/mol. The van der Waals surface area contributed by atoms with Gasteiger partial charge in [0.05, 0.1) is 12.9 Å². The van der Waals surface area contributed by atoms with Gasteiger partial charge in [-0.05, 0) is 0 Å². The Morgan fingerprint density at radius 1 is 0.885 bits per heavy atom. The number of imidazole rings is 1. The number of aliphatic hydroxyl groups is 1. The standard InChI is InChI=1S/C5H10N2O7P2.2Na.8H2O/c8-5(15(9,10)11,16(12,13)14)3-7-2-1-6-4-7;;;;;;;;;;/h1-2,4,8H,3H2,(H2,9,10,11)(H2,12,13,14);;;8*1H2/q;2*+1;;;;;;;;/p-2. The summed E-state index contributed by atoms with van der Waals surface area (Å²) >= 11 is 0. The largest absolute Gasteiger partial charge is 1.00 e. The molecule has 0 fully saturated rings. The third kappa shape index (κ3) is 15.1. The molecule has 2 unspecified atom stereocenters. The van der Waals surface area contributed by atoms with Crippen LogP contribution in [0.2, 0.25) is 0 Å². The van der Waals surface area contributed by atoms with Crippen LogP contribution in [0.15, 0.2) is 18.7 Å². The zero-order valence-electron chi connectivity index (χ0n) is 13.7. The van der Waals surface area contributed by atoms with E-state index in [2.05, 4.69) is 4.98 Å². The Bertz CT molecular complexity index is 441. The zero-order chi connectivity index (χ0) is 12.6. The molecule has 19 N–H and O–H groups in total. The molecule has 1 rings (SSSR count). The van der Waals surface area contributed by atoms with Crippen molar-refractivity contribution in [2.24, 2.45) is 0 Å². The number of hydrogen-bond acceptors (Lipinski definition) is 6. The first-order valence-corrected chi connectivity index (χ1v) is 6.99. The van der Waals surface area contributed by atoms with Crippen molar-refractivity contribution in [1.29, 1.82) is 0 Å². The first-order chi connectivity index (χ1) is 7.08. The number of aromatic nitrogens is 2. The Hall–Kier alpha value is 1.15. The van der Waals surface area contributed by atoms with Crippen molar-refractivity contribution in [3.05, 3.63) is 18.7 Å². The van der Waals surface area contributed by atoms with Crippen molar-refractivity contribution < 1.29 is 137 Å². The molecule has 0 saturated heterocycles. The van der Waals surface area contributed by atoms with Crippen LogP contribution in [0, 0.1) is 0 Å². The van der Waals surface area contributed by atoms with E-state index in [1.54, 1.807) is 0 Å². The summed E-state index contributed by atoms with van der Waals surface area (Å²) < 4.78 is 22.5. The van der Waals surface area contributed by atoms with Crippen LogP contribution >= 0.6 is 15.2 Å². The molecule has 0 saturated carbocycles. The first-order valence-electron chi connectivity index (χ1n) is 3.84. The van der Waals surface area contributed by atoms with E-state index in [1.165, 1.54) is 6.20 Å². The van der Waals surface area contributed by atoms with Crippen molar-refractivity contribution in [2.45, 2.75) is 11.6 Å². The van der Waals surface area contributed by atoms with Gasteiger partial charge in [0.1, 0.15) is 0 Å². The van der Waals surface area contributed by atoms with Crippen molar-refractivity contribution in [2.75, 3.05) is 0 Å². The minimum absolute atomic E-state index is 0. The van der Waals surface area contributed by atoms with Gasteiger partial charge in [0.25, 0.3) is 0 Å². The maximum absolute atomic E-state index is 10.8. The van der Waals surface area contributed by atoms with E-state index in [9.17, 15) is 24.0 Å². The van der Waals surface area contributed by atoms with Crippen molar-refractivity contribution >= 4 is 15.2 Å². The molecular formula is C5H24N2Na2O15P2. The predicted octanol–water partition coefficient (Wildman–Crippen LogP) is -15.0. The van der Waals surface area contributed by atoms with Crippen LogP contribution in [0.25, 0.3) is 0 Å². The second-order valence-corrected chi connectivity index (χ2v) is 6.96. The van der Waals surface area contributed by atoms with Crippen LogP contribution < -0.4 is 68.9 Å². The summed E-state index contributed by atoms with van der Waals surface area (Å²) in [7, 11) is -11.4. The monoisotopic (exact) mass is 460 g/mol. The normalized spacial score (nSPS) is 14.2. The SMILES string of the molecule is O.O.O.O.O.O.O.O.O=P([O-])(O)C(O)(Cn1ccnc1)P(=O)([O-])O.[Na+].[Na+]. The molecular weight excluding hydrogens is 436 g/mol. The molecule has 1 heterocycles. The quantitative estimate of drug-likeness (QED) is 0.285. The molecule has 0 amide bonds. The maximum Gasteiger partial charge on any atom is 1.00 e. The van der Waals surface area contributed by atoms with Crippen LogP contribution in [-0.2, 0) is 15.7 Å². The van der Waals surface area contributed by atoms with Gasteiger partial charge in [0.15, 0.2) is 15.2 Å². The molecule has 0 aliphatic carbocycles. The summed E-state index contributed by atoms with van der Waals surface area (Å²) in [5.74, 6) is 0. The summed E-state index contributed by atoms with van der Waals surface area (Å²) in [6, 6.07) is 0. The van der Waals surface area contributed by atoms with Crippen molar-refractivity contribution in [3.63, 3.8) is 0 Å². The predicted molar refractivity (Wildman–Crippen MR) is 75.7 cm³/mol. The molecule has 0 aliphatic heterocycles. The van der Waals surface area contributed by atoms with Crippen LogP contribution in [-0.4, -0.2) is 73.3 Å². The molecule has 0 aliphatic rings. The molecule has 0 spiro atoms. The Kier molecular flexibility index (Phi) is 54.5. The van der Waals surface area contributed by atoms with Crippen molar-refractivity contribution in [1.82, 2.24) is 9.55 Å². The first kappa shape index (κ1) is 63.1. The molecule has 0 bridgehead atoms. The Labute approximate surface area is 190 Å². The molecule has 0 radical (unpaired) electrons. The second kappa shape index (κ2) is 22.4. The topological polar surface area (TPSA) is 411 Å². The molecule has 1 aromatic heterocycles. The third-order valence-electron chi connectivity index (χ3n) is 1.86. The Morgan fingerprint density at radius 3 is 1.38 bits per heavy atom. The molecule has 2 atom stereocenters. The van der Waals surface area contributed by atoms with Gasteiger partial charge in [-0.3, -0.25) is 0 Å². The maximum atomic E-state index is 10.8. The van der Waals surface area contributed by atoms with Crippen LogP contribution in [0.4, 0.5) is 0 Å². The van der Waals surface area contributed by atoms with Gasteiger partial charge in [-0.25, -0.2) is 4.98 Å². The van der Waals surface area contributed by atoms with Crippen LogP contribution in [0.5, 0.6) is 0 Å². The van der Waals surface area contributed by atoms with E-state index in [4.69, 9.17) is 9.79 Å². The molecule has 156 valence electrons. The summed E-state index contributed by atoms with van der Waals surface area (Å²) in [6.45, 7) is -1.08. The van der Waals surface area contributed by atoms with Crippen LogP contribution in [0.1, 0.15) is 0 Å². The molecule has 1 aromatic rings. The molecule has 21 heteroatoms. The van der Waals surface area contributed by atoms with Gasteiger partial charge in [-0.2, -0.15) is 0 Å². The summed E-state index contributed by atoms with van der Waals surface area (Å²) in [6.07, 6.45) is 3.35. The third-order valence-corrected chi connectivity index (χ3v) is 5.47. The van der Waals surface area contributed by atoms with Gasteiger partial charge in [-0.15, -0.1) is 0 Å². The number of rotatable bonds is 4. The molecule has 0 aromatic carbocycles.